The molecule has 1 aromatic heterocycles. The van der Waals surface area contributed by atoms with E-state index in [4.69, 9.17) is 16.7 Å². The molecule has 0 bridgehead atoms. The van der Waals surface area contributed by atoms with Crippen LogP contribution in [-0.4, -0.2) is 33.9 Å². The Balaban J connectivity index is 2.18. The van der Waals surface area contributed by atoms with E-state index >= 15 is 0 Å². The van der Waals surface area contributed by atoms with Crippen LogP contribution in [0.5, 0.6) is 0 Å². The van der Waals surface area contributed by atoms with E-state index in [1.807, 2.05) is 11.8 Å². The predicted molar refractivity (Wildman–Crippen MR) is 71.8 cm³/mol. The van der Waals surface area contributed by atoms with Gasteiger partial charge in [0.05, 0.1) is 17.8 Å². The van der Waals surface area contributed by atoms with Gasteiger partial charge < -0.3 is 10.0 Å². The van der Waals surface area contributed by atoms with Crippen LogP contribution in [0.1, 0.15) is 19.8 Å². The van der Waals surface area contributed by atoms with Gasteiger partial charge in [0, 0.05) is 19.6 Å². The van der Waals surface area contributed by atoms with Crippen molar-refractivity contribution in [1.82, 2.24) is 9.78 Å². The second-order valence-corrected chi connectivity index (χ2v) is 4.94. The van der Waals surface area contributed by atoms with Crippen molar-refractivity contribution in [2.45, 2.75) is 26.3 Å². The summed E-state index contributed by atoms with van der Waals surface area (Å²) in [5, 5.41) is 13.2. The molecule has 0 saturated carbocycles. The number of aliphatic carboxylic acids is 1. The Hall–Kier alpha value is -1.56. The van der Waals surface area contributed by atoms with Crippen LogP contribution in [0, 0.1) is 5.92 Å². The first-order valence-electron chi connectivity index (χ1n) is 6.28. The molecule has 7 heteroatoms. The minimum absolute atomic E-state index is 0.158. The number of rotatable bonds is 3. The minimum atomic E-state index is -0.759. The average Bonchev–Trinajstić information content (AvgIpc) is 2.42. The molecule has 19 heavy (non-hydrogen) atoms. The topological polar surface area (TPSA) is 75.4 Å². The Bertz CT molecular complexity index is 536. The Labute approximate surface area is 115 Å². The van der Waals surface area contributed by atoms with Gasteiger partial charge in [-0.15, -0.1) is 0 Å². The van der Waals surface area contributed by atoms with Crippen molar-refractivity contribution in [3.8, 4) is 0 Å². The molecule has 6 nitrogen and oxygen atoms in total. The molecule has 0 amide bonds. The van der Waals surface area contributed by atoms with Crippen LogP contribution in [0.3, 0.4) is 0 Å². The van der Waals surface area contributed by atoms with Gasteiger partial charge in [-0.25, -0.2) is 4.68 Å². The average molecular weight is 286 g/mol. The number of aryl methyl sites for hydroxylation is 1. The first kappa shape index (κ1) is 13.9. The van der Waals surface area contributed by atoms with Crippen molar-refractivity contribution in [3.63, 3.8) is 0 Å². The van der Waals surface area contributed by atoms with Gasteiger partial charge in [-0.1, -0.05) is 11.6 Å². The fourth-order valence-electron chi connectivity index (χ4n) is 2.27. The molecule has 0 aliphatic carbocycles. The predicted octanol–water partition coefficient (Wildman–Crippen LogP) is 1.22. The fourth-order valence-corrected chi connectivity index (χ4v) is 2.54. The van der Waals surface area contributed by atoms with Gasteiger partial charge in [0.25, 0.3) is 5.56 Å². The van der Waals surface area contributed by atoms with Crippen LogP contribution < -0.4 is 10.5 Å². The van der Waals surface area contributed by atoms with Crippen LogP contribution in [-0.2, 0) is 11.3 Å². The van der Waals surface area contributed by atoms with Crippen LogP contribution >= 0.6 is 11.6 Å². The normalized spacial score (nSPS) is 16.6. The van der Waals surface area contributed by atoms with E-state index in [1.165, 1.54) is 4.68 Å². The monoisotopic (exact) mass is 285 g/mol. The van der Waals surface area contributed by atoms with Gasteiger partial charge in [0.1, 0.15) is 5.02 Å². The zero-order valence-electron chi connectivity index (χ0n) is 10.7. The number of carboxylic acids is 1. The molecule has 0 spiro atoms. The van der Waals surface area contributed by atoms with Crippen molar-refractivity contribution in [2.24, 2.45) is 5.92 Å². The van der Waals surface area contributed by atoms with Crippen LogP contribution in [0.2, 0.25) is 5.02 Å². The van der Waals surface area contributed by atoms with Crippen molar-refractivity contribution >= 4 is 23.3 Å². The van der Waals surface area contributed by atoms with Crippen LogP contribution in [0.25, 0.3) is 0 Å². The summed E-state index contributed by atoms with van der Waals surface area (Å²) in [6, 6.07) is 0. The van der Waals surface area contributed by atoms with E-state index in [0.29, 0.717) is 38.2 Å². The SMILES string of the molecule is CCn1ncc(N2CCC(C(=O)O)CC2)c(Cl)c1=O. The molecular weight excluding hydrogens is 270 g/mol. The van der Waals surface area contributed by atoms with E-state index in [-0.39, 0.29) is 16.5 Å². The third-order valence-corrected chi connectivity index (χ3v) is 3.81. The molecule has 0 unspecified atom stereocenters. The summed E-state index contributed by atoms with van der Waals surface area (Å²) < 4.78 is 1.30. The smallest absolute Gasteiger partial charge is 0.306 e. The van der Waals surface area contributed by atoms with Gasteiger partial charge in [0.15, 0.2) is 0 Å². The van der Waals surface area contributed by atoms with Crippen LogP contribution in [0.4, 0.5) is 5.69 Å². The molecule has 1 N–H and O–H groups in total. The van der Waals surface area contributed by atoms with Crippen LogP contribution in [0.15, 0.2) is 11.0 Å². The molecule has 1 saturated heterocycles. The lowest BCUT2D eigenvalue weighted by Crippen LogP contribution is -2.37. The summed E-state index contributed by atoms with van der Waals surface area (Å²) in [6.45, 7) is 3.45. The Kier molecular flexibility index (Phi) is 4.09. The first-order valence-corrected chi connectivity index (χ1v) is 6.65. The van der Waals surface area contributed by atoms with E-state index in [0.717, 1.165) is 0 Å². The van der Waals surface area contributed by atoms with E-state index in [9.17, 15) is 9.59 Å². The second kappa shape index (κ2) is 5.61. The number of anilines is 1. The molecule has 1 fully saturated rings. The Morgan fingerprint density at radius 2 is 2.16 bits per heavy atom. The van der Waals surface area contributed by atoms with E-state index < -0.39 is 5.97 Å². The highest BCUT2D eigenvalue weighted by Crippen LogP contribution is 2.26. The number of carbonyl (C=O) groups is 1. The number of carboxylic acid groups (broad SMARTS) is 1. The van der Waals surface area contributed by atoms with Gasteiger partial charge in [-0.05, 0) is 19.8 Å². The number of hydrogen-bond donors (Lipinski definition) is 1. The highest BCUT2D eigenvalue weighted by Gasteiger charge is 2.26. The summed E-state index contributed by atoms with van der Waals surface area (Å²) >= 11 is 6.08. The molecule has 1 aliphatic rings. The highest BCUT2D eigenvalue weighted by atomic mass is 35.5. The molecular formula is C12H16ClN3O3. The summed E-state index contributed by atoms with van der Waals surface area (Å²) in [5.41, 5.74) is 0.294. The zero-order valence-corrected chi connectivity index (χ0v) is 11.4. The summed E-state index contributed by atoms with van der Waals surface area (Å²) in [7, 11) is 0. The minimum Gasteiger partial charge on any atom is -0.481 e. The third-order valence-electron chi connectivity index (χ3n) is 3.45. The van der Waals surface area contributed by atoms with Gasteiger partial charge in [-0.2, -0.15) is 5.10 Å². The molecule has 0 atom stereocenters. The van der Waals surface area contributed by atoms with Gasteiger partial charge >= 0.3 is 5.97 Å². The molecule has 0 aromatic carbocycles. The maximum atomic E-state index is 11.9. The number of aromatic nitrogens is 2. The molecule has 2 heterocycles. The van der Waals surface area contributed by atoms with Gasteiger partial charge in [0.2, 0.25) is 0 Å². The molecule has 0 radical (unpaired) electrons. The lowest BCUT2D eigenvalue weighted by molar-refractivity contribution is -0.142. The lowest BCUT2D eigenvalue weighted by atomic mass is 9.97. The zero-order chi connectivity index (χ0) is 14.0. The summed E-state index contributed by atoms with van der Waals surface area (Å²) in [4.78, 5) is 24.7. The fraction of sp³-hybridized carbons (Fsp3) is 0.583. The van der Waals surface area contributed by atoms with Crippen molar-refractivity contribution in [2.75, 3.05) is 18.0 Å². The van der Waals surface area contributed by atoms with Crippen molar-refractivity contribution in [1.29, 1.82) is 0 Å². The van der Waals surface area contributed by atoms with E-state index in [1.54, 1.807) is 6.20 Å². The Morgan fingerprint density at radius 1 is 1.53 bits per heavy atom. The quantitative estimate of drug-likeness (QED) is 0.904. The number of piperidine rings is 1. The summed E-state index contributed by atoms with van der Waals surface area (Å²) in [5.74, 6) is -1.07. The number of halogens is 1. The van der Waals surface area contributed by atoms with Crippen molar-refractivity contribution in [3.05, 3.63) is 21.6 Å². The molecule has 1 aromatic rings. The molecule has 2 rings (SSSR count). The number of nitrogens with zero attached hydrogens (tertiary/aromatic N) is 3. The van der Waals surface area contributed by atoms with Gasteiger partial charge in [-0.3, -0.25) is 9.59 Å². The molecule has 1 aliphatic heterocycles. The molecule has 104 valence electrons. The number of hydrogen-bond acceptors (Lipinski definition) is 4. The van der Waals surface area contributed by atoms with Crippen molar-refractivity contribution < 1.29 is 9.90 Å². The standard InChI is InChI=1S/C12H16ClN3O3/c1-2-16-11(17)10(13)9(7-14-16)15-5-3-8(4-6-15)12(18)19/h7-8H,2-6H2,1H3,(H,18,19). The maximum Gasteiger partial charge on any atom is 0.306 e. The Morgan fingerprint density at radius 3 is 2.68 bits per heavy atom. The maximum absolute atomic E-state index is 11.9. The first-order chi connectivity index (χ1) is 9.04. The summed E-state index contributed by atoms with van der Waals surface area (Å²) in [6.07, 6.45) is 2.69. The largest absolute Gasteiger partial charge is 0.481 e. The second-order valence-electron chi connectivity index (χ2n) is 4.56. The third kappa shape index (κ3) is 2.73. The van der Waals surface area contributed by atoms with E-state index in [2.05, 4.69) is 5.10 Å². The lowest BCUT2D eigenvalue weighted by Gasteiger charge is -2.32. The highest BCUT2D eigenvalue weighted by molar-refractivity contribution is 6.33.